The molecule has 0 unspecified atom stereocenters. The number of carboxylic acids is 1. The maximum absolute atomic E-state index is 12.2. The third-order valence-corrected chi connectivity index (χ3v) is 7.49. The number of anilines is 1. The minimum Gasteiger partial charge on any atom is -0.497 e. The number of benzene rings is 1. The Bertz CT molecular complexity index is 1360. The Hall–Kier alpha value is -3.65. The third kappa shape index (κ3) is 7.97. The average molecular weight is 562 g/mol. The Morgan fingerprint density at radius 1 is 1.10 bits per heavy atom. The van der Waals surface area contributed by atoms with Crippen molar-refractivity contribution in [2.24, 2.45) is 5.41 Å². The SMILES string of the molecule is COc1cccc(CCOc2cnc(-c3cnc(C)c([C@H](OC(C)(C)C)C(=O)O)c3)cc2N2CCC(C)(C)CC2)c1. The van der Waals surface area contributed by atoms with Crippen LogP contribution in [0.2, 0.25) is 0 Å². The predicted octanol–water partition coefficient (Wildman–Crippen LogP) is 6.65. The summed E-state index contributed by atoms with van der Waals surface area (Å²) in [6.45, 7) is 14.3. The first-order valence-electron chi connectivity index (χ1n) is 14.2. The largest absolute Gasteiger partial charge is 0.497 e. The summed E-state index contributed by atoms with van der Waals surface area (Å²) in [5.74, 6) is 0.511. The predicted molar refractivity (Wildman–Crippen MR) is 161 cm³/mol. The first-order chi connectivity index (χ1) is 19.3. The molecule has 0 bridgehead atoms. The minimum atomic E-state index is -1.13. The van der Waals surface area contributed by atoms with Crippen LogP contribution >= 0.6 is 0 Å². The second-order valence-electron chi connectivity index (χ2n) is 12.5. The van der Waals surface area contributed by atoms with Crippen LogP contribution < -0.4 is 14.4 Å². The van der Waals surface area contributed by atoms with Gasteiger partial charge in [-0.2, -0.15) is 0 Å². The molecule has 0 saturated carbocycles. The van der Waals surface area contributed by atoms with Gasteiger partial charge in [0.1, 0.15) is 5.75 Å². The van der Waals surface area contributed by atoms with Crippen LogP contribution in [-0.4, -0.2) is 53.5 Å². The molecule has 1 aromatic carbocycles. The number of aryl methyl sites for hydroxylation is 1. The number of pyridine rings is 2. The standard InChI is InChI=1S/C33H43N3O5/c1-22-26(30(31(37)38)41-32(2,3)4)18-24(20-34-22)27-19-28(36-14-12-33(5,6)13-15-36)29(21-35-27)40-16-11-23-9-8-10-25(17-23)39-7/h8-10,17-21,30H,11-16H2,1-7H3,(H,37,38)/t30-/m0/s1. The van der Waals surface area contributed by atoms with Gasteiger partial charge in [0.05, 0.1) is 36.9 Å². The van der Waals surface area contributed by atoms with E-state index < -0.39 is 17.7 Å². The minimum absolute atomic E-state index is 0.300. The monoisotopic (exact) mass is 561 g/mol. The van der Waals surface area contributed by atoms with E-state index in [0.717, 1.165) is 60.7 Å². The molecule has 3 aromatic rings. The van der Waals surface area contributed by atoms with Gasteiger partial charge in [-0.3, -0.25) is 9.97 Å². The molecule has 1 fully saturated rings. The lowest BCUT2D eigenvalue weighted by Crippen LogP contribution is -2.37. The topological polar surface area (TPSA) is 94.0 Å². The first-order valence-corrected chi connectivity index (χ1v) is 14.2. The fourth-order valence-corrected chi connectivity index (χ4v) is 4.96. The van der Waals surface area contributed by atoms with Crippen LogP contribution in [-0.2, 0) is 16.0 Å². The molecule has 1 aliphatic heterocycles. The molecule has 0 aliphatic carbocycles. The van der Waals surface area contributed by atoms with Crippen molar-refractivity contribution in [1.82, 2.24) is 9.97 Å². The molecule has 3 heterocycles. The van der Waals surface area contributed by atoms with Crippen molar-refractivity contribution in [2.75, 3.05) is 31.7 Å². The quantitative estimate of drug-likeness (QED) is 0.294. The van der Waals surface area contributed by atoms with E-state index in [-0.39, 0.29) is 0 Å². The summed E-state index contributed by atoms with van der Waals surface area (Å²) in [4.78, 5) is 23.8. The van der Waals surface area contributed by atoms with Crippen LogP contribution in [0.5, 0.6) is 11.5 Å². The zero-order valence-electron chi connectivity index (χ0n) is 25.4. The molecule has 2 aromatic heterocycles. The molecular formula is C33H43N3O5. The van der Waals surface area contributed by atoms with Gasteiger partial charge < -0.3 is 24.2 Å². The highest BCUT2D eigenvalue weighted by atomic mass is 16.5. The van der Waals surface area contributed by atoms with Gasteiger partial charge >= 0.3 is 5.97 Å². The van der Waals surface area contributed by atoms with Gasteiger partial charge in [-0.15, -0.1) is 0 Å². The summed E-state index contributed by atoms with van der Waals surface area (Å²) in [7, 11) is 1.67. The van der Waals surface area contributed by atoms with E-state index in [4.69, 9.17) is 19.2 Å². The summed E-state index contributed by atoms with van der Waals surface area (Å²) in [6, 6.07) is 11.9. The van der Waals surface area contributed by atoms with Crippen molar-refractivity contribution in [3.05, 3.63) is 65.6 Å². The molecule has 1 saturated heterocycles. The zero-order chi connectivity index (χ0) is 29.8. The average Bonchev–Trinajstić information content (AvgIpc) is 2.92. The van der Waals surface area contributed by atoms with Crippen molar-refractivity contribution in [3.63, 3.8) is 0 Å². The second kappa shape index (κ2) is 12.5. The molecule has 0 spiro atoms. The van der Waals surface area contributed by atoms with Gasteiger partial charge in [0.2, 0.25) is 0 Å². The van der Waals surface area contributed by atoms with Gasteiger partial charge in [-0.25, -0.2) is 4.79 Å². The van der Waals surface area contributed by atoms with Crippen LogP contribution in [0.3, 0.4) is 0 Å². The van der Waals surface area contributed by atoms with Crippen molar-refractivity contribution in [1.29, 1.82) is 0 Å². The maximum Gasteiger partial charge on any atom is 0.337 e. The van der Waals surface area contributed by atoms with Crippen LogP contribution in [0.25, 0.3) is 11.3 Å². The number of carboxylic acid groups (broad SMARTS) is 1. The van der Waals surface area contributed by atoms with Crippen LogP contribution in [0.1, 0.15) is 70.4 Å². The highest BCUT2D eigenvalue weighted by Crippen LogP contribution is 2.38. The number of hydrogen-bond donors (Lipinski definition) is 1. The highest BCUT2D eigenvalue weighted by molar-refractivity contribution is 5.76. The summed E-state index contributed by atoms with van der Waals surface area (Å²) in [5.41, 5.74) is 4.36. The van der Waals surface area contributed by atoms with Crippen molar-refractivity contribution in [2.45, 2.75) is 72.5 Å². The van der Waals surface area contributed by atoms with Crippen molar-refractivity contribution < 1.29 is 24.1 Å². The van der Waals surface area contributed by atoms with Gasteiger partial charge in [0.25, 0.3) is 0 Å². The Labute approximate surface area is 243 Å². The van der Waals surface area contributed by atoms with Crippen molar-refractivity contribution in [3.8, 4) is 22.8 Å². The first kappa shape index (κ1) is 30.3. The fourth-order valence-electron chi connectivity index (χ4n) is 4.96. The molecule has 1 N–H and O–H groups in total. The molecule has 8 heteroatoms. The Kier molecular flexibility index (Phi) is 9.22. The fraction of sp³-hybridized carbons (Fsp3) is 0.485. The Morgan fingerprint density at radius 2 is 1.83 bits per heavy atom. The van der Waals surface area contributed by atoms with Gasteiger partial charge in [0.15, 0.2) is 11.9 Å². The molecule has 8 nitrogen and oxygen atoms in total. The number of carbonyl (C=O) groups is 1. The summed E-state index contributed by atoms with van der Waals surface area (Å²) >= 11 is 0. The van der Waals surface area contributed by atoms with Crippen LogP contribution in [0.15, 0.2) is 48.8 Å². The molecule has 220 valence electrons. The van der Waals surface area contributed by atoms with E-state index in [9.17, 15) is 9.90 Å². The van der Waals surface area contributed by atoms with Crippen LogP contribution in [0.4, 0.5) is 5.69 Å². The smallest absolute Gasteiger partial charge is 0.337 e. The molecule has 0 amide bonds. The number of methoxy groups -OCH3 is 1. The number of aliphatic carboxylic acids is 1. The van der Waals surface area contributed by atoms with E-state index >= 15 is 0 Å². The summed E-state index contributed by atoms with van der Waals surface area (Å²) in [6.07, 6.45) is 5.27. The molecule has 1 atom stereocenters. The molecule has 0 radical (unpaired) electrons. The number of piperidine rings is 1. The number of hydrogen-bond acceptors (Lipinski definition) is 7. The second-order valence-corrected chi connectivity index (χ2v) is 12.5. The summed E-state index contributed by atoms with van der Waals surface area (Å²) < 4.78 is 17.6. The van der Waals surface area contributed by atoms with E-state index in [1.165, 1.54) is 0 Å². The molecule has 41 heavy (non-hydrogen) atoms. The molecular weight excluding hydrogens is 518 g/mol. The van der Waals surface area contributed by atoms with Gasteiger partial charge in [0, 0.05) is 42.5 Å². The van der Waals surface area contributed by atoms with E-state index in [1.54, 1.807) is 26.4 Å². The molecule has 4 rings (SSSR count). The van der Waals surface area contributed by atoms with E-state index in [1.807, 2.05) is 51.1 Å². The number of aromatic nitrogens is 2. The normalized spacial score (nSPS) is 15.8. The van der Waals surface area contributed by atoms with Gasteiger partial charge in [-0.1, -0.05) is 26.0 Å². The highest BCUT2D eigenvalue weighted by Gasteiger charge is 2.30. The number of ether oxygens (including phenoxy) is 3. The third-order valence-electron chi connectivity index (χ3n) is 7.49. The maximum atomic E-state index is 12.2. The molecule has 1 aliphatic rings. The zero-order valence-corrected chi connectivity index (χ0v) is 25.4. The Morgan fingerprint density at radius 3 is 2.49 bits per heavy atom. The lowest BCUT2D eigenvalue weighted by atomic mass is 9.82. The number of rotatable bonds is 10. The summed E-state index contributed by atoms with van der Waals surface area (Å²) in [5, 5.41) is 9.96. The van der Waals surface area contributed by atoms with Crippen molar-refractivity contribution >= 4 is 11.7 Å². The number of nitrogens with zero attached hydrogens (tertiary/aromatic N) is 3. The van der Waals surface area contributed by atoms with E-state index in [2.05, 4.69) is 29.8 Å². The van der Waals surface area contributed by atoms with Crippen LogP contribution in [0, 0.1) is 12.3 Å². The van der Waals surface area contributed by atoms with E-state index in [0.29, 0.717) is 29.0 Å². The lowest BCUT2D eigenvalue weighted by molar-refractivity contribution is -0.160. The Balaban J connectivity index is 1.64. The van der Waals surface area contributed by atoms with Gasteiger partial charge in [-0.05, 0) is 75.8 Å². The lowest BCUT2D eigenvalue weighted by Gasteiger charge is -2.38.